The van der Waals surface area contributed by atoms with Gasteiger partial charge in [-0.3, -0.25) is 27.1 Å². The van der Waals surface area contributed by atoms with Crippen LogP contribution in [-0.2, 0) is 101 Å². The summed E-state index contributed by atoms with van der Waals surface area (Å²) in [7, 11) is -24.0. The van der Waals surface area contributed by atoms with Crippen molar-refractivity contribution in [1.82, 2.24) is 14.0 Å². The number of fused-ring (bicyclic) bond motifs is 24. The number of unbranched alkanes of at least 4 members (excludes halogenated alkanes) is 2. The molecule has 3 aliphatic heterocycles. The van der Waals surface area contributed by atoms with Crippen LogP contribution in [0, 0.1) is 0 Å². The molecule has 0 radical (unpaired) electrons. The van der Waals surface area contributed by atoms with Gasteiger partial charge in [0.05, 0.1) is 36.3 Å². The minimum Gasteiger partial charge on any atom is -0.741 e. The van der Waals surface area contributed by atoms with Crippen molar-refractivity contribution < 1.29 is 157 Å². The van der Waals surface area contributed by atoms with Crippen LogP contribution in [0.15, 0.2) is 291 Å². The van der Waals surface area contributed by atoms with E-state index in [1.807, 2.05) is 0 Å². The van der Waals surface area contributed by atoms with Gasteiger partial charge in [-0.25, -0.2) is 25.3 Å². The van der Waals surface area contributed by atoms with Gasteiger partial charge in [-0.15, -0.1) is 14.0 Å². The van der Waals surface area contributed by atoms with Gasteiger partial charge in [0.2, 0.25) is 0 Å². The molecule has 0 amide bonds. The Hall–Kier alpha value is -9.51. The Morgan fingerprint density at radius 2 is 0.493 bits per heavy atom. The molecule has 23 rings (SSSR count). The summed E-state index contributed by atoms with van der Waals surface area (Å²) in [6.45, 7) is 4.61. The Balaban J connectivity index is 0.000000150. The van der Waals surface area contributed by atoms with Gasteiger partial charge < -0.3 is 13.7 Å². The number of alkyl halides is 9. The molecule has 2 fully saturated rings. The topological polar surface area (TPSA) is 237 Å². The van der Waals surface area contributed by atoms with Crippen LogP contribution in [0.4, 0.5) is 39.5 Å². The van der Waals surface area contributed by atoms with E-state index < -0.39 is 72.5 Å². The van der Waals surface area contributed by atoms with E-state index in [0.29, 0.717) is 36.3 Å². The van der Waals surface area contributed by atoms with Crippen molar-refractivity contribution in [3.05, 3.63) is 325 Å². The Morgan fingerprint density at radius 3 is 0.733 bits per heavy atom. The van der Waals surface area contributed by atoms with Crippen molar-refractivity contribution in [1.29, 1.82) is 0 Å². The molecule has 0 aromatic heterocycles. The van der Waals surface area contributed by atoms with Gasteiger partial charge >= 0.3 is 93.3 Å². The molecule has 0 saturated heterocycles. The molecule has 36 heteroatoms. The standard InChI is InChI=1S/C38H40NO2P.C37H36NO2P.C36H34NO2P.3CHF3O3S.3Cu/c1-3-5-16-30(17-6-4-2)39(34-24-21-27-13-7-10-18-31(27)34)42-40-35-25-22-28-14-8-11-19-32(28)37(35)38-33-20-12-9-15-29(33)23-26-36(38)41-42;1-2-4-15-29(16-5-3-1)38(33-23-20-26-12-6-9-17-30(26)33)41-39-34-24-21-27-13-7-10-18-31(27)36(34)37-32-19-11-8-14-28(32)22-25-35(37)40-41;1-2-4-15-28(14-3-1)37(32-22-19-25-11-5-8-16-29(25)32)40-38-33-23-20-26-12-6-9-17-30(26)35(33)36-31-18-10-7-13-27(31)21-24-34(36)39-40;3*2-1(3,4)8(5,6)7;;;/h7-15,18-20,22-23,25-26,30,34H,3-6,16-17,21,24H2,1-2H3;6-14,17-19,21-22,24-25,29,33H,1-5,15-16,20,23H2;5-13,16-18,20-21,23-24,28,32H,1-4,14-15,19,22H2;3*(H,5,6,7);;;/q;;;;;;3*+1/t34-;33-;32-;;;;;;/m111....../s1. The average Bonchev–Trinajstić information content (AvgIpc) is 1.18. The number of rotatable bonds is 15. The van der Waals surface area contributed by atoms with E-state index >= 15 is 0 Å². The zero-order chi connectivity index (χ0) is 103. The van der Waals surface area contributed by atoms with Gasteiger partial charge in [0.15, 0.2) is 64.9 Å². The van der Waals surface area contributed by atoms with Gasteiger partial charge in [-0.05, 0) is 211 Å². The molecule has 0 bridgehead atoms. The molecule has 2 saturated carbocycles. The predicted octanol–water partition coefficient (Wildman–Crippen LogP) is 31.9. The summed E-state index contributed by atoms with van der Waals surface area (Å²) in [4.78, 5) is 0. The number of halogens is 9. The zero-order valence-corrected chi connectivity index (χ0v) is 90.1. The van der Waals surface area contributed by atoms with Crippen molar-refractivity contribution in [3.8, 4) is 67.9 Å². The van der Waals surface area contributed by atoms with Crippen LogP contribution >= 0.6 is 25.6 Å². The number of hydrogen-bond donors (Lipinski definition) is 0. The third-order valence-electron chi connectivity index (χ3n) is 28.9. The van der Waals surface area contributed by atoms with Crippen LogP contribution in [-0.4, -0.2) is 87.6 Å². The maximum Gasteiger partial charge on any atom is 1.00 e. The third kappa shape index (κ3) is 25.5. The molecular weight excluding hydrogens is 2200 g/mol. The molecule has 15 aromatic carbocycles. The second kappa shape index (κ2) is 49.9. The van der Waals surface area contributed by atoms with Crippen LogP contribution in [0.1, 0.15) is 207 Å². The molecule has 0 N–H and O–H groups in total. The molecule has 0 unspecified atom stereocenters. The van der Waals surface area contributed by atoms with Crippen LogP contribution in [0.2, 0.25) is 0 Å². The maximum absolute atomic E-state index is 10.7. The van der Waals surface area contributed by atoms with E-state index in [9.17, 15) is 39.5 Å². The first-order chi connectivity index (χ1) is 70.7. The smallest absolute Gasteiger partial charge is 0.741 e. The summed E-state index contributed by atoms with van der Waals surface area (Å²) in [6.07, 6.45) is 30.6. The summed E-state index contributed by atoms with van der Waals surface area (Å²) < 4.78 is 228. The molecule has 150 heavy (non-hydrogen) atoms. The largest absolute Gasteiger partial charge is 1.00 e. The number of benzene rings is 15. The zero-order valence-electron chi connectivity index (χ0n) is 81.9. The maximum atomic E-state index is 10.7. The molecule has 8 aliphatic rings. The first kappa shape index (κ1) is 115. The molecule has 0 spiro atoms. The molecule has 800 valence electrons. The summed E-state index contributed by atoms with van der Waals surface area (Å²) >= 11 is 0. The minimum absolute atomic E-state index is 0. The van der Waals surface area contributed by atoms with E-state index in [-0.39, 0.29) is 51.2 Å². The van der Waals surface area contributed by atoms with E-state index in [4.69, 9.17) is 66.1 Å². The van der Waals surface area contributed by atoms with Gasteiger partial charge in [0, 0.05) is 33.4 Å². The molecule has 3 atom stereocenters. The number of nitrogens with zero attached hydrogens (tertiary/aromatic N) is 3. The fourth-order valence-corrected chi connectivity index (χ4v) is 28.3. The molecule has 5 aliphatic carbocycles. The number of hydrogen-bond acceptors (Lipinski definition) is 18. The van der Waals surface area contributed by atoms with Crippen LogP contribution < -0.4 is 27.1 Å². The van der Waals surface area contributed by atoms with E-state index in [2.05, 4.69) is 319 Å². The molecule has 3 heterocycles. The Kier molecular flexibility index (Phi) is 38.1. The Bertz CT molecular complexity index is 7280. The Labute approximate surface area is 903 Å². The summed E-state index contributed by atoms with van der Waals surface area (Å²) in [6, 6.07) is 108. The van der Waals surface area contributed by atoms with Crippen molar-refractivity contribution in [3.63, 3.8) is 0 Å². The van der Waals surface area contributed by atoms with Crippen LogP contribution in [0.3, 0.4) is 0 Å². The summed E-state index contributed by atoms with van der Waals surface area (Å²) in [5, 5.41) is 14.7. The van der Waals surface area contributed by atoms with E-state index in [1.54, 1.807) is 0 Å². The van der Waals surface area contributed by atoms with Gasteiger partial charge in [0.25, 0.3) is 0 Å². The molecule has 18 nitrogen and oxygen atoms in total. The second-order valence-corrected chi connectivity index (χ2v) is 46.6. The fraction of sp³-hybridized carbons (Fsp3) is 0.316. The Morgan fingerprint density at radius 1 is 0.287 bits per heavy atom. The van der Waals surface area contributed by atoms with Crippen LogP contribution in [0.5, 0.6) is 34.5 Å². The van der Waals surface area contributed by atoms with Gasteiger partial charge in [-0.2, -0.15) is 39.5 Å². The van der Waals surface area contributed by atoms with Crippen LogP contribution in [0.25, 0.3) is 98.0 Å². The summed E-state index contributed by atoms with van der Waals surface area (Å²) in [5.74, 6) is 5.70. The average molecular weight is 2320 g/mol. The van der Waals surface area contributed by atoms with Gasteiger partial charge in [0.1, 0.15) is 0 Å². The van der Waals surface area contributed by atoms with E-state index in [0.717, 1.165) is 95.3 Å². The van der Waals surface area contributed by atoms with Crippen molar-refractivity contribution in [2.45, 2.75) is 227 Å². The van der Waals surface area contributed by atoms with Crippen molar-refractivity contribution in [2.24, 2.45) is 0 Å². The summed E-state index contributed by atoms with van der Waals surface area (Å²) in [5.41, 5.74) is -1.10. The molecule has 15 aromatic rings. The van der Waals surface area contributed by atoms with Gasteiger partial charge in [-0.1, -0.05) is 352 Å². The monoisotopic (exact) mass is 2310 g/mol. The van der Waals surface area contributed by atoms with E-state index in [1.165, 1.54) is 231 Å². The fourth-order valence-electron chi connectivity index (χ4n) is 22.1. The minimum atomic E-state index is -6.09. The normalized spacial score (nSPS) is 17.3. The van der Waals surface area contributed by atoms with Crippen molar-refractivity contribution >= 4 is 121 Å². The second-order valence-electron chi connectivity index (χ2n) is 38.1. The SMILES string of the molecule is CCCCC(CCCC)N([C@@H]1CCc2ccccc21)[PH+]1Oc2ccc3ccccc3c2-c2c(ccc3ccccc23)O1.O=S(=O)([O-])C(F)(F)F.O=S(=O)([O-])C(F)(F)F.O=S(=O)([O-])C(F)(F)F.[Cu+].[Cu+].[Cu+].c1ccc2c(c1)CC[C@H]2N(C1CCCCCC1)[PH+]1Oc2ccc3ccccc3c2-c2c(ccc3ccccc23)O1.c1ccc2c(c1)CC[C@H]2N(C1CCCCCCC1)[PH+]1Oc2ccc3ccccc3c2-c2c(ccc3ccccc23)O1. The first-order valence-corrected chi connectivity index (χ1v) is 58.2. The number of aryl methyl sites for hydroxylation is 3. The quantitative estimate of drug-likeness (QED) is 0.0231. The van der Waals surface area contributed by atoms with Crippen molar-refractivity contribution in [2.75, 3.05) is 0 Å². The predicted molar refractivity (Wildman–Crippen MR) is 565 cm³/mol. The third-order valence-corrected chi connectivity index (χ3v) is 36.3. The first-order valence-electron chi connectivity index (χ1n) is 50.2. The molecular formula is C114H113Cu3F9N3O15P3S3+3.